The number of methoxy groups -OCH3 is 3. The number of carbonyl (C=O) groups is 3. The van der Waals surface area contributed by atoms with Gasteiger partial charge in [0.25, 0.3) is 5.56 Å². The third-order valence-corrected chi connectivity index (χ3v) is 11.1. The highest BCUT2D eigenvalue weighted by Gasteiger charge is 2.38. The second-order valence-electron chi connectivity index (χ2n) is 14.1. The molecule has 0 aliphatic carbocycles. The molecule has 1 aliphatic heterocycles. The zero-order valence-electron chi connectivity index (χ0n) is 31.6. The van der Waals surface area contributed by atoms with Crippen LogP contribution in [0.15, 0.2) is 54.3 Å². The molecule has 15 nitrogen and oxygen atoms in total. The number of phenolic OH excluding ortho intramolecular Hbond substituents is 1. The van der Waals surface area contributed by atoms with E-state index in [0.717, 1.165) is 16.6 Å². The van der Waals surface area contributed by atoms with Crippen LogP contribution in [0.4, 0.5) is 0 Å². The van der Waals surface area contributed by atoms with E-state index in [-0.39, 0.29) is 61.4 Å². The number of aryl methyl sites for hydroxylation is 1. The predicted octanol–water partition coefficient (Wildman–Crippen LogP) is 2.36. The van der Waals surface area contributed by atoms with Crippen LogP contribution in [0.25, 0.3) is 53.9 Å². The maximum Gasteiger partial charge on any atom is 0.330 e. The number of benzene rings is 5. The van der Waals surface area contributed by atoms with E-state index in [1.165, 1.54) is 45.4 Å². The highest BCUT2D eigenvalue weighted by atomic mass is 16.5. The summed E-state index contributed by atoms with van der Waals surface area (Å²) in [4.78, 5) is 112. The van der Waals surface area contributed by atoms with Gasteiger partial charge >= 0.3 is 5.97 Å². The number of rotatable bonds is 7. The summed E-state index contributed by atoms with van der Waals surface area (Å²) in [7, 11) is 3.72. The molecule has 1 fully saturated rings. The van der Waals surface area contributed by atoms with Gasteiger partial charge in [-0.05, 0) is 56.0 Å². The number of nitrogens with one attached hydrogen (secondary N) is 1. The SMILES string of the molecule is CCC(C)c1cc2c(=O)c3ccc4c(OC)c5c(=O)c6c(C)ccc(OC)c6c(=O)c5c(O)c4c3c(=O)c2c(=O)n1CC(=O)N1CC(C(=O)OC)NC(=O)C1C. The molecule has 2 heterocycles. The Morgan fingerprint density at radius 3 is 2.12 bits per heavy atom. The lowest BCUT2D eigenvalue weighted by molar-refractivity contribution is -0.153. The van der Waals surface area contributed by atoms with Gasteiger partial charge in [-0.2, -0.15) is 0 Å². The van der Waals surface area contributed by atoms with Crippen molar-refractivity contribution < 1.29 is 33.7 Å². The first-order valence-corrected chi connectivity index (χ1v) is 17.8. The van der Waals surface area contributed by atoms with Gasteiger partial charge in [0.15, 0.2) is 10.9 Å². The number of piperazine rings is 1. The number of phenols is 1. The second-order valence-corrected chi connectivity index (χ2v) is 14.1. The number of carbonyl (C=O) groups excluding carboxylic acids is 3. The zero-order chi connectivity index (χ0) is 40.7. The number of ether oxygens (including phenoxy) is 3. The molecule has 0 spiro atoms. The minimum Gasteiger partial charge on any atom is -0.506 e. The standard InChI is InChI=1S/C41H37N3O12/c1-8-16(2)23-13-21-29(40(52)44(23)15-25(45)43-14-22(41(53)56-7)42-39(51)18(43)4)35(48)27-19(33(21)46)10-11-20-28(27)36(49)31-32(38(20)55-6)34(47)26-17(3)9-12-24(54-5)30(26)37(31)50/h9-13,16,18,22,49H,8,14-15H2,1-7H3,(H,42,51). The van der Waals surface area contributed by atoms with Crippen molar-refractivity contribution in [3.63, 3.8) is 0 Å². The maximum atomic E-state index is 14.7. The fourth-order valence-electron chi connectivity index (χ4n) is 8.00. The Hall–Kier alpha value is -6.64. The third-order valence-electron chi connectivity index (χ3n) is 11.1. The van der Waals surface area contributed by atoms with Crippen molar-refractivity contribution in [1.82, 2.24) is 14.8 Å². The molecule has 2 amide bonds. The maximum absolute atomic E-state index is 14.7. The number of fused-ring (bicyclic) bond motifs is 6. The van der Waals surface area contributed by atoms with Crippen LogP contribution in [-0.4, -0.2) is 72.3 Å². The number of pyridine rings is 1. The van der Waals surface area contributed by atoms with Crippen LogP contribution in [0.1, 0.15) is 44.4 Å². The molecule has 0 radical (unpaired) electrons. The predicted molar refractivity (Wildman–Crippen MR) is 209 cm³/mol. The fourth-order valence-corrected chi connectivity index (χ4v) is 8.00. The fraction of sp³-hybridized carbons (Fsp3) is 0.317. The van der Waals surface area contributed by atoms with Crippen LogP contribution in [-0.2, 0) is 25.7 Å². The topological polar surface area (TPSA) is 205 Å². The van der Waals surface area contributed by atoms with E-state index in [2.05, 4.69) is 5.32 Å². The van der Waals surface area contributed by atoms with Crippen LogP contribution >= 0.6 is 0 Å². The van der Waals surface area contributed by atoms with Crippen LogP contribution in [0, 0.1) is 6.92 Å². The van der Waals surface area contributed by atoms with E-state index in [1.54, 1.807) is 19.9 Å². The number of aromatic nitrogens is 1. The van der Waals surface area contributed by atoms with Crippen LogP contribution in [0.2, 0.25) is 0 Å². The van der Waals surface area contributed by atoms with Crippen molar-refractivity contribution in [2.75, 3.05) is 27.9 Å². The average Bonchev–Trinajstić information content (AvgIpc) is 3.19. The van der Waals surface area contributed by atoms with Gasteiger partial charge in [-0.25, -0.2) is 4.79 Å². The molecule has 6 aromatic rings. The highest BCUT2D eigenvalue weighted by Crippen LogP contribution is 2.43. The smallest absolute Gasteiger partial charge is 0.330 e. The Labute approximate surface area is 316 Å². The first kappa shape index (κ1) is 37.7. The molecule has 0 bridgehead atoms. The van der Waals surface area contributed by atoms with Gasteiger partial charge in [0, 0.05) is 38.0 Å². The molecule has 3 unspecified atom stereocenters. The number of esters is 1. The summed E-state index contributed by atoms with van der Waals surface area (Å²) >= 11 is 0. The van der Waals surface area contributed by atoms with Crippen molar-refractivity contribution in [3.8, 4) is 17.2 Å². The van der Waals surface area contributed by atoms with Crippen molar-refractivity contribution in [2.45, 2.75) is 58.7 Å². The number of hydrogen-bond acceptors (Lipinski definition) is 12. The highest BCUT2D eigenvalue weighted by molar-refractivity contribution is 6.23. The Kier molecular flexibility index (Phi) is 9.14. The van der Waals surface area contributed by atoms with Gasteiger partial charge in [0.05, 0.1) is 49.4 Å². The average molecular weight is 764 g/mol. The minimum atomic E-state index is -1.15. The number of amides is 2. The lowest BCUT2D eigenvalue weighted by Crippen LogP contribution is -2.63. The Bertz CT molecular complexity index is 3030. The summed E-state index contributed by atoms with van der Waals surface area (Å²) in [6, 6.07) is 5.11. The molecular weight excluding hydrogens is 726 g/mol. The molecule has 1 aromatic heterocycles. The summed E-state index contributed by atoms with van der Waals surface area (Å²) in [5, 5.41) is 12.2. The van der Waals surface area contributed by atoms with Gasteiger partial charge in [0.2, 0.25) is 22.7 Å². The molecular formula is C41H37N3O12. The van der Waals surface area contributed by atoms with E-state index in [1.807, 2.05) is 6.92 Å². The largest absolute Gasteiger partial charge is 0.506 e. The summed E-state index contributed by atoms with van der Waals surface area (Å²) in [5.41, 5.74) is -3.33. The number of hydrogen-bond donors (Lipinski definition) is 2. The number of aromatic hydroxyl groups is 1. The molecule has 5 aromatic carbocycles. The van der Waals surface area contributed by atoms with E-state index in [0.29, 0.717) is 12.0 Å². The van der Waals surface area contributed by atoms with E-state index >= 15 is 0 Å². The molecule has 1 saturated heterocycles. The Morgan fingerprint density at radius 1 is 0.821 bits per heavy atom. The Morgan fingerprint density at radius 2 is 1.48 bits per heavy atom. The van der Waals surface area contributed by atoms with E-state index < -0.39 is 91.5 Å². The molecule has 56 heavy (non-hydrogen) atoms. The zero-order valence-corrected chi connectivity index (χ0v) is 31.6. The molecule has 15 heteroatoms. The number of nitrogens with zero attached hydrogens (tertiary/aromatic N) is 2. The van der Waals surface area contributed by atoms with Gasteiger partial charge in [-0.3, -0.25) is 33.6 Å². The third kappa shape index (κ3) is 5.24. The minimum absolute atomic E-state index is 0.0292. The van der Waals surface area contributed by atoms with Gasteiger partial charge in [-0.15, -0.1) is 0 Å². The van der Waals surface area contributed by atoms with Gasteiger partial charge in [0.1, 0.15) is 35.9 Å². The quantitative estimate of drug-likeness (QED) is 0.137. The summed E-state index contributed by atoms with van der Waals surface area (Å²) < 4.78 is 17.0. The van der Waals surface area contributed by atoms with Crippen molar-refractivity contribution >= 4 is 71.6 Å². The van der Waals surface area contributed by atoms with E-state index in [4.69, 9.17) is 14.2 Å². The lowest BCUT2D eigenvalue weighted by atomic mass is 9.90. The molecule has 7 rings (SSSR count). The normalized spacial score (nSPS) is 16.5. The first-order valence-electron chi connectivity index (χ1n) is 17.8. The van der Waals surface area contributed by atoms with Gasteiger partial charge in [-0.1, -0.05) is 19.9 Å². The van der Waals surface area contributed by atoms with Crippen LogP contribution < -0.4 is 42.1 Å². The lowest BCUT2D eigenvalue weighted by Gasteiger charge is -2.36. The second kappa shape index (κ2) is 13.6. The van der Waals surface area contributed by atoms with Crippen LogP contribution in [0.5, 0.6) is 17.2 Å². The summed E-state index contributed by atoms with van der Waals surface area (Å²) in [6.07, 6.45) is 0.474. The molecule has 2 N–H and O–H groups in total. The van der Waals surface area contributed by atoms with E-state index in [9.17, 15) is 43.5 Å². The van der Waals surface area contributed by atoms with Crippen molar-refractivity contribution in [1.29, 1.82) is 0 Å². The summed E-state index contributed by atoms with van der Waals surface area (Å²) in [5.74, 6) is -3.30. The molecule has 0 saturated carbocycles. The molecule has 288 valence electrons. The Balaban J connectivity index is 1.57. The monoisotopic (exact) mass is 763 g/mol. The van der Waals surface area contributed by atoms with Gasteiger partial charge < -0.3 is 34.1 Å². The molecule has 1 aliphatic rings. The molecule has 3 atom stereocenters. The first-order chi connectivity index (χ1) is 26.6. The van der Waals surface area contributed by atoms with Crippen molar-refractivity contribution in [2.24, 2.45) is 0 Å². The van der Waals surface area contributed by atoms with Crippen molar-refractivity contribution in [3.05, 3.63) is 92.8 Å². The van der Waals surface area contributed by atoms with Crippen LogP contribution in [0.3, 0.4) is 0 Å². The summed E-state index contributed by atoms with van der Waals surface area (Å²) in [6.45, 7) is 5.84.